The molecule has 0 spiro atoms. The van der Waals surface area contributed by atoms with Gasteiger partial charge in [0.2, 0.25) is 5.91 Å². The van der Waals surface area contributed by atoms with Crippen molar-refractivity contribution in [3.05, 3.63) is 70.4 Å². The summed E-state index contributed by atoms with van der Waals surface area (Å²) in [4.78, 5) is 29.6. The summed E-state index contributed by atoms with van der Waals surface area (Å²) in [6, 6.07) is 12.0. The third kappa shape index (κ3) is 4.08. The Morgan fingerprint density at radius 3 is 2.55 bits per heavy atom. The molecule has 0 aliphatic rings. The predicted molar refractivity (Wildman–Crippen MR) is 116 cm³/mol. The molecular weight excluding hydrogens is 422 g/mol. The zero-order valence-corrected chi connectivity index (χ0v) is 17.5. The van der Waals surface area contributed by atoms with Gasteiger partial charge in [0.25, 0.3) is 5.56 Å². The number of carbonyl (C=O) groups is 1. The highest BCUT2D eigenvalue weighted by molar-refractivity contribution is 6.30. The van der Waals surface area contributed by atoms with Gasteiger partial charge < -0.3 is 14.8 Å². The fraction of sp³-hybridized carbons (Fsp3) is 0.143. The van der Waals surface area contributed by atoms with Gasteiger partial charge in [0.15, 0.2) is 17.1 Å². The highest BCUT2D eigenvalue weighted by Gasteiger charge is 2.14. The largest absolute Gasteiger partial charge is 0.493 e. The summed E-state index contributed by atoms with van der Waals surface area (Å²) in [6.45, 7) is -0.206. The molecule has 0 aliphatic heterocycles. The Labute approximate surface area is 181 Å². The van der Waals surface area contributed by atoms with E-state index in [1.54, 1.807) is 47.1 Å². The number of ether oxygens (including phenoxy) is 2. The summed E-state index contributed by atoms with van der Waals surface area (Å²) in [5, 5.41) is 7.88. The first-order valence-corrected chi connectivity index (χ1v) is 9.59. The number of hydrogen-bond donors (Lipinski definition) is 1. The summed E-state index contributed by atoms with van der Waals surface area (Å²) in [7, 11) is 3.04. The molecule has 4 aromatic rings. The molecule has 1 amide bonds. The van der Waals surface area contributed by atoms with Crippen molar-refractivity contribution in [2.75, 3.05) is 19.5 Å². The molecule has 0 aliphatic carbocycles. The topological polar surface area (TPSA) is 100 Å². The van der Waals surface area contributed by atoms with Crippen molar-refractivity contribution in [3.8, 4) is 17.2 Å². The van der Waals surface area contributed by atoms with Crippen LogP contribution in [0.2, 0.25) is 5.02 Å². The summed E-state index contributed by atoms with van der Waals surface area (Å²) in [5.41, 5.74) is 1.26. The van der Waals surface area contributed by atoms with Crippen LogP contribution in [0, 0.1) is 0 Å². The maximum absolute atomic E-state index is 12.8. The maximum Gasteiger partial charge on any atom is 0.264 e. The summed E-state index contributed by atoms with van der Waals surface area (Å²) < 4.78 is 13.2. The quantitative estimate of drug-likeness (QED) is 0.496. The molecule has 0 saturated heterocycles. The van der Waals surface area contributed by atoms with Crippen molar-refractivity contribution < 1.29 is 14.3 Å². The molecule has 31 heavy (non-hydrogen) atoms. The molecule has 4 rings (SSSR count). The molecule has 0 radical (unpaired) electrons. The van der Waals surface area contributed by atoms with Crippen molar-refractivity contribution in [2.24, 2.45) is 0 Å². The minimum Gasteiger partial charge on any atom is -0.493 e. The third-order valence-corrected chi connectivity index (χ3v) is 4.86. The Balaban J connectivity index is 1.56. The number of nitrogens with one attached hydrogen (secondary N) is 1. The van der Waals surface area contributed by atoms with Crippen LogP contribution in [-0.4, -0.2) is 39.5 Å². The Morgan fingerprint density at radius 1 is 1.10 bits per heavy atom. The van der Waals surface area contributed by atoms with Crippen LogP contribution in [-0.2, 0) is 11.3 Å². The Kier molecular flexibility index (Phi) is 5.59. The first-order valence-electron chi connectivity index (χ1n) is 9.21. The van der Waals surface area contributed by atoms with Crippen molar-refractivity contribution in [1.29, 1.82) is 0 Å². The van der Waals surface area contributed by atoms with Gasteiger partial charge in [-0.1, -0.05) is 11.6 Å². The minimum absolute atomic E-state index is 0.206. The van der Waals surface area contributed by atoms with E-state index in [0.29, 0.717) is 33.2 Å². The van der Waals surface area contributed by atoms with Crippen LogP contribution in [0.15, 0.2) is 59.8 Å². The van der Waals surface area contributed by atoms with Gasteiger partial charge in [0, 0.05) is 16.8 Å². The van der Waals surface area contributed by atoms with Crippen LogP contribution in [0.4, 0.5) is 5.69 Å². The molecule has 0 unspecified atom stereocenters. The van der Waals surface area contributed by atoms with Crippen molar-refractivity contribution in [2.45, 2.75) is 6.54 Å². The number of amides is 1. The van der Waals surface area contributed by atoms with E-state index in [-0.39, 0.29) is 18.0 Å². The number of nitrogens with zero attached hydrogens (tertiary/aromatic N) is 4. The van der Waals surface area contributed by atoms with E-state index in [1.165, 1.54) is 31.3 Å². The van der Waals surface area contributed by atoms with Crippen molar-refractivity contribution in [3.63, 3.8) is 0 Å². The van der Waals surface area contributed by atoms with Gasteiger partial charge in [0.1, 0.15) is 18.3 Å². The third-order valence-electron chi connectivity index (χ3n) is 4.61. The van der Waals surface area contributed by atoms with Gasteiger partial charge in [-0.05, 0) is 36.4 Å². The molecule has 10 heteroatoms. The van der Waals surface area contributed by atoms with Crippen LogP contribution in [0.1, 0.15) is 0 Å². The number of rotatable bonds is 6. The summed E-state index contributed by atoms with van der Waals surface area (Å²) in [5.74, 6) is 0.639. The van der Waals surface area contributed by atoms with Gasteiger partial charge in [-0.15, -0.1) is 0 Å². The Hall–Kier alpha value is -3.85. The fourth-order valence-electron chi connectivity index (χ4n) is 3.10. The predicted octanol–water partition coefficient (Wildman–Crippen LogP) is 2.89. The van der Waals surface area contributed by atoms with Crippen molar-refractivity contribution in [1.82, 2.24) is 19.3 Å². The maximum atomic E-state index is 12.8. The monoisotopic (exact) mass is 439 g/mol. The van der Waals surface area contributed by atoms with Crippen LogP contribution >= 0.6 is 11.6 Å². The van der Waals surface area contributed by atoms with Crippen LogP contribution in [0.5, 0.6) is 11.5 Å². The van der Waals surface area contributed by atoms with E-state index >= 15 is 0 Å². The van der Waals surface area contributed by atoms with Crippen LogP contribution < -0.4 is 20.3 Å². The zero-order chi connectivity index (χ0) is 22.0. The molecule has 2 heterocycles. The first kappa shape index (κ1) is 20.4. The highest BCUT2D eigenvalue weighted by atomic mass is 35.5. The van der Waals surface area contributed by atoms with Gasteiger partial charge in [-0.25, -0.2) is 9.67 Å². The second-order valence-corrected chi connectivity index (χ2v) is 7.00. The van der Waals surface area contributed by atoms with Crippen molar-refractivity contribution >= 4 is 34.2 Å². The lowest BCUT2D eigenvalue weighted by molar-refractivity contribution is -0.116. The number of anilines is 1. The molecule has 9 nitrogen and oxygen atoms in total. The minimum atomic E-state index is -0.388. The fourth-order valence-corrected chi connectivity index (χ4v) is 3.23. The smallest absolute Gasteiger partial charge is 0.264 e. The SMILES string of the molecule is COc1ccc(NC(=O)Cn2cnc3c(cnn3-c3ccc(Cl)cc3)c2=O)cc1OC. The van der Waals surface area contributed by atoms with Crippen LogP contribution in [0.3, 0.4) is 0 Å². The van der Waals surface area contributed by atoms with E-state index in [4.69, 9.17) is 21.1 Å². The van der Waals surface area contributed by atoms with E-state index in [9.17, 15) is 9.59 Å². The molecule has 0 saturated carbocycles. The summed E-state index contributed by atoms with van der Waals surface area (Å²) in [6.07, 6.45) is 2.76. The molecule has 0 bridgehead atoms. The zero-order valence-electron chi connectivity index (χ0n) is 16.7. The lowest BCUT2D eigenvalue weighted by Crippen LogP contribution is -2.27. The number of fused-ring (bicyclic) bond motifs is 1. The van der Waals surface area contributed by atoms with E-state index in [0.717, 1.165) is 5.69 Å². The van der Waals surface area contributed by atoms with E-state index < -0.39 is 0 Å². The number of carbonyl (C=O) groups excluding carboxylic acids is 1. The highest BCUT2D eigenvalue weighted by Crippen LogP contribution is 2.29. The van der Waals surface area contributed by atoms with E-state index in [1.807, 2.05) is 0 Å². The summed E-state index contributed by atoms with van der Waals surface area (Å²) >= 11 is 5.93. The number of halogens is 1. The van der Waals surface area contributed by atoms with E-state index in [2.05, 4.69) is 15.4 Å². The molecule has 158 valence electrons. The average molecular weight is 440 g/mol. The second-order valence-electron chi connectivity index (χ2n) is 6.57. The molecular formula is C21H18ClN5O4. The molecule has 2 aromatic carbocycles. The average Bonchev–Trinajstić information content (AvgIpc) is 3.21. The van der Waals surface area contributed by atoms with Gasteiger partial charge >= 0.3 is 0 Å². The molecule has 0 atom stereocenters. The normalized spacial score (nSPS) is 10.8. The van der Waals surface area contributed by atoms with Gasteiger partial charge in [-0.3, -0.25) is 14.2 Å². The van der Waals surface area contributed by atoms with Crippen LogP contribution in [0.25, 0.3) is 16.7 Å². The molecule has 0 fully saturated rings. The molecule has 1 N–H and O–H groups in total. The standard InChI is InChI=1S/C21H18ClN5O4/c1-30-17-8-5-14(9-18(17)31-2)25-19(28)11-26-12-23-20-16(21(26)29)10-24-27(20)15-6-3-13(22)4-7-15/h3-10,12H,11H2,1-2H3,(H,25,28). The van der Waals surface area contributed by atoms with Gasteiger partial charge in [-0.2, -0.15) is 5.10 Å². The lowest BCUT2D eigenvalue weighted by Gasteiger charge is -2.11. The number of methoxy groups -OCH3 is 2. The Bertz CT molecular complexity index is 1310. The Morgan fingerprint density at radius 2 is 1.84 bits per heavy atom. The number of hydrogen-bond acceptors (Lipinski definition) is 6. The molecule has 2 aromatic heterocycles. The number of benzene rings is 2. The lowest BCUT2D eigenvalue weighted by atomic mass is 10.2. The first-order chi connectivity index (χ1) is 15.0. The number of aromatic nitrogens is 4. The van der Waals surface area contributed by atoms with Gasteiger partial charge in [0.05, 0.1) is 26.1 Å². The second kappa shape index (κ2) is 8.49.